The minimum atomic E-state index is -0.495. The van der Waals surface area contributed by atoms with Gasteiger partial charge in [0.25, 0.3) is 0 Å². The highest BCUT2D eigenvalue weighted by molar-refractivity contribution is 6.00. The van der Waals surface area contributed by atoms with E-state index in [1.165, 1.54) is 12.8 Å². The number of benzene rings is 1. The Hall–Kier alpha value is -2.04. The number of likely N-dealkylation sites (tertiary alicyclic amines) is 1. The second kappa shape index (κ2) is 6.04. The number of ketones is 1. The third-order valence-corrected chi connectivity index (χ3v) is 5.63. The van der Waals surface area contributed by atoms with E-state index in [0.717, 1.165) is 5.56 Å². The summed E-state index contributed by atoms with van der Waals surface area (Å²) in [5.41, 5.74) is 1.26. The largest absolute Gasteiger partial charge is 0.486 e. The number of hydrogen-bond acceptors (Lipinski definition) is 4. The number of fused-ring (bicyclic) bond motifs is 1. The van der Waals surface area contributed by atoms with Crippen LogP contribution in [0.2, 0.25) is 0 Å². The summed E-state index contributed by atoms with van der Waals surface area (Å²) < 4.78 is 11.7. The van der Waals surface area contributed by atoms with Crippen molar-refractivity contribution < 1.29 is 19.1 Å². The molecule has 1 saturated carbocycles. The number of carbonyl (C=O) groups is 2. The molecule has 2 heterocycles. The Labute approximate surface area is 148 Å². The maximum atomic E-state index is 12.6. The first kappa shape index (κ1) is 16.4. The maximum absolute atomic E-state index is 12.6. The fourth-order valence-electron chi connectivity index (χ4n) is 3.98. The van der Waals surface area contributed by atoms with Gasteiger partial charge in [0.2, 0.25) is 0 Å². The summed E-state index contributed by atoms with van der Waals surface area (Å²) in [6, 6.07) is 5.74. The van der Waals surface area contributed by atoms with Gasteiger partial charge in [-0.15, -0.1) is 0 Å². The molecule has 3 aliphatic rings. The van der Waals surface area contributed by atoms with E-state index in [9.17, 15) is 9.59 Å². The Morgan fingerprint density at radius 2 is 2.20 bits per heavy atom. The lowest BCUT2D eigenvalue weighted by Gasteiger charge is -2.46. The van der Waals surface area contributed by atoms with Crippen LogP contribution in [0, 0.1) is 12.8 Å². The van der Waals surface area contributed by atoms with E-state index in [1.54, 1.807) is 4.90 Å². The topological polar surface area (TPSA) is 55.8 Å². The third kappa shape index (κ3) is 3.24. The molecular formula is C20H25NO4. The standard InChI is InChI=1S/C20H25NO4/c1-13-3-6-16-17(22)11-20(25-18(16)9-13)7-8-21(14(2)10-20)19(23)24-12-15-4-5-15/h3,6,9,14-15H,4-5,7-8,10-12H2,1-2H3/t14-,20+/m0/s1. The number of aryl methyl sites for hydroxylation is 1. The zero-order chi connectivity index (χ0) is 17.6. The number of amides is 1. The van der Waals surface area contributed by atoms with E-state index in [0.29, 0.717) is 49.6 Å². The van der Waals surface area contributed by atoms with Crippen LogP contribution in [0.25, 0.3) is 0 Å². The van der Waals surface area contributed by atoms with Gasteiger partial charge in [0, 0.05) is 25.4 Å². The first-order chi connectivity index (χ1) is 12.0. The Bertz CT molecular complexity index is 712. The summed E-state index contributed by atoms with van der Waals surface area (Å²) in [6.45, 7) is 5.11. The van der Waals surface area contributed by atoms with Crippen molar-refractivity contribution in [3.63, 3.8) is 0 Å². The summed E-state index contributed by atoms with van der Waals surface area (Å²) in [6.07, 6.45) is 3.81. The van der Waals surface area contributed by atoms with Crippen molar-refractivity contribution in [2.75, 3.05) is 13.2 Å². The third-order valence-electron chi connectivity index (χ3n) is 5.63. The normalized spacial score (nSPS) is 28.5. The van der Waals surface area contributed by atoms with E-state index in [-0.39, 0.29) is 17.9 Å². The van der Waals surface area contributed by atoms with Gasteiger partial charge in [0.1, 0.15) is 11.4 Å². The number of rotatable bonds is 2. The van der Waals surface area contributed by atoms with Crippen molar-refractivity contribution in [1.29, 1.82) is 0 Å². The number of hydrogen-bond donors (Lipinski definition) is 0. The lowest BCUT2D eigenvalue weighted by atomic mass is 9.79. The van der Waals surface area contributed by atoms with E-state index >= 15 is 0 Å². The highest BCUT2D eigenvalue weighted by Crippen LogP contribution is 2.41. The molecule has 1 aliphatic carbocycles. The van der Waals surface area contributed by atoms with Crippen LogP contribution < -0.4 is 4.74 Å². The van der Waals surface area contributed by atoms with Gasteiger partial charge >= 0.3 is 6.09 Å². The van der Waals surface area contributed by atoms with Gasteiger partial charge in [-0.05, 0) is 50.3 Å². The fourth-order valence-corrected chi connectivity index (χ4v) is 3.98. The SMILES string of the molecule is Cc1ccc2c(c1)O[C@@]1(CCN(C(=O)OCC3CC3)[C@@H](C)C1)CC2=O. The first-order valence-electron chi connectivity index (χ1n) is 9.22. The molecule has 2 atom stereocenters. The molecule has 1 saturated heterocycles. The van der Waals surface area contributed by atoms with Crippen LogP contribution in [0.1, 0.15) is 54.9 Å². The molecule has 1 aromatic rings. The molecule has 0 N–H and O–H groups in total. The van der Waals surface area contributed by atoms with Crippen LogP contribution in [-0.4, -0.2) is 41.6 Å². The van der Waals surface area contributed by atoms with Crippen molar-refractivity contribution >= 4 is 11.9 Å². The first-order valence-corrected chi connectivity index (χ1v) is 9.22. The highest BCUT2D eigenvalue weighted by Gasteiger charge is 2.46. The Morgan fingerprint density at radius 1 is 1.40 bits per heavy atom. The fraction of sp³-hybridized carbons (Fsp3) is 0.600. The average molecular weight is 343 g/mol. The second-order valence-corrected chi connectivity index (χ2v) is 7.90. The molecule has 1 amide bonds. The molecule has 0 radical (unpaired) electrons. The lowest BCUT2D eigenvalue weighted by Crippen LogP contribution is -2.56. The summed E-state index contributed by atoms with van der Waals surface area (Å²) in [4.78, 5) is 26.7. The van der Waals surface area contributed by atoms with Crippen molar-refractivity contribution in [3.8, 4) is 5.75 Å². The van der Waals surface area contributed by atoms with Crippen LogP contribution in [0.5, 0.6) is 5.75 Å². The number of nitrogens with zero attached hydrogens (tertiary/aromatic N) is 1. The summed E-state index contributed by atoms with van der Waals surface area (Å²) in [5.74, 6) is 1.39. The Balaban J connectivity index is 1.46. The van der Waals surface area contributed by atoms with Gasteiger partial charge in [0.05, 0.1) is 18.6 Å². The summed E-state index contributed by atoms with van der Waals surface area (Å²) in [7, 11) is 0. The van der Waals surface area contributed by atoms with Crippen molar-refractivity contribution in [2.24, 2.45) is 5.92 Å². The highest BCUT2D eigenvalue weighted by atomic mass is 16.6. The zero-order valence-electron chi connectivity index (χ0n) is 14.9. The van der Waals surface area contributed by atoms with Crippen LogP contribution in [0.3, 0.4) is 0 Å². The molecule has 2 fully saturated rings. The second-order valence-electron chi connectivity index (χ2n) is 7.90. The molecule has 134 valence electrons. The van der Waals surface area contributed by atoms with Crippen LogP contribution >= 0.6 is 0 Å². The van der Waals surface area contributed by atoms with E-state index in [1.807, 2.05) is 32.0 Å². The molecule has 2 aliphatic heterocycles. The minimum Gasteiger partial charge on any atom is -0.486 e. The van der Waals surface area contributed by atoms with Crippen molar-refractivity contribution in [1.82, 2.24) is 4.90 Å². The molecule has 0 unspecified atom stereocenters. The summed E-state index contributed by atoms with van der Waals surface area (Å²) >= 11 is 0. The Morgan fingerprint density at radius 3 is 2.92 bits per heavy atom. The molecule has 0 bridgehead atoms. The van der Waals surface area contributed by atoms with Crippen molar-refractivity contribution in [2.45, 2.75) is 57.6 Å². The monoisotopic (exact) mass is 343 g/mol. The quantitative estimate of drug-likeness (QED) is 0.821. The van der Waals surface area contributed by atoms with Gasteiger partial charge in [-0.2, -0.15) is 0 Å². The van der Waals surface area contributed by atoms with Gasteiger partial charge in [-0.25, -0.2) is 4.79 Å². The van der Waals surface area contributed by atoms with Gasteiger partial charge < -0.3 is 14.4 Å². The molecule has 25 heavy (non-hydrogen) atoms. The predicted molar refractivity (Wildman–Crippen MR) is 93.0 cm³/mol. The maximum Gasteiger partial charge on any atom is 0.410 e. The molecule has 5 nitrogen and oxygen atoms in total. The number of Topliss-reactive ketones (excluding diaryl/α,β-unsaturated/α-hetero) is 1. The Kier molecular flexibility index (Phi) is 3.97. The van der Waals surface area contributed by atoms with Crippen LogP contribution in [-0.2, 0) is 4.74 Å². The molecule has 1 aromatic carbocycles. The molecule has 1 spiro atoms. The number of piperidine rings is 1. The van der Waals surface area contributed by atoms with E-state index in [4.69, 9.17) is 9.47 Å². The predicted octanol–water partition coefficient (Wildman–Crippen LogP) is 3.73. The summed E-state index contributed by atoms with van der Waals surface area (Å²) in [5, 5.41) is 0. The zero-order valence-corrected chi connectivity index (χ0v) is 14.9. The van der Waals surface area contributed by atoms with E-state index < -0.39 is 5.60 Å². The molecule has 4 rings (SSSR count). The lowest BCUT2D eigenvalue weighted by molar-refractivity contribution is -0.0285. The van der Waals surface area contributed by atoms with Crippen LogP contribution in [0.15, 0.2) is 18.2 Å². The molecule has 5 heteroatoms. The smallest absolute Gasteiger partial charge is 0.410 e. The minimum absolute atomic E-state index is 0.000359. The number of carbonyl (C=O) groups excluding carboxylic acids is 2. The van der Waals surface area contributed by atoms with E-state index in [2.05, 4.69) is 0 Å². The van der Waals surface area contributed by atoms with Crippen LogP contribution in [0.4, 0.5) is 4.79 Å². The van der Waals surface area contributed by atoms with Gasteiger partial charge in [0.15, 0.2) is 5.78 Å². The van der Waals surface area contributed by atoms with Gasteiger partial charge in [-0.1, -0.05) is 6.07 Å². The van der Waals surface area contributed by atoms with Crippen molar-refractivity contribution in [3.05, 3.63) is 29.3 Å². The molecule has 0 aromatic heterocycles. The average Bonchev–Trinajstić information content (AvgIpc) is 3.36. The van der Waals surface area contributed by atoms with Gasteiger partial charge in [-0.3, -0.25) is 4.79 Å². The molecular weight excluding hydrogens is 318 g/mol. The number of ether oxygens (including phenoxy) is 2.